The molecule has 1 aromatic carbocycles. The largest absolute Gasteiger partial charge is 0.369 e. The quantitative estimate of drug-likeness (QED) is 0.783. The van der Waals surface area contributed by atoms with Crippen LogP contribution in [0.5, 0.6) is 0 Å². The van der Waals surface area contributed by atoms with Crippen molar-refractivity contribution in [3.8, 4) is 0 Å². The summed E-state index contributed by atoms with van der Waals surface area (Å²) in [7, 11) is 0. The lowest BCUT2D eigenvalue weighted by atomic mass is 9.89. The Morgan fingerprint density at radius 2 is 2.00 bits per heavy atom. The standard InChI is InChI=1S/C21H22N4O4/c26-19(18-7-3-4-8-28-18)23-14-9-21(29-11-14)12-25(13-21)20(27)17-10-22-15-5-1-2-6-16(15)24-17/h1-6,10,14,18H,7-9,11-13H2,(H,23,26). The highest BCUT2D eigenvalue weighted by Crippen LogP contribution is 2.36. The zero-order chi connectivity index (χ0) is 19.8. The first-order valence-corrected chi connectivity index (χ1v) is 9.84. The maximum absolute atomic E-state index is 12.8. The molecule has 150 valence electrons. The number of rotatable bonds is 3. The summed E-state index contributed by atoms with van der Waals surface area (Å²) in [5, 5.41) is 3.02. The van der Waals surface area contributed by atoms with E-state index in [4.69, 9.17) is 9.47 Å². The number of likely N-dealkylation sites (tertiary alicyclic amines) is 1. The summed E-state index contributed by atoms with van der Waals surface area (Å²) in [4.78, 5) is 35.5. The van der Waals surface area contributed by atoms with Crippen LogP contribution in [0.25, 0.3) is 11.0 Å². The van der Waals surface area contributed by atoms with E-state index in [0.717, 1.165) is 5.52 Å². The third-order valence-electron chi connectivity index (χ3n) is 5.67. The molecule has 29 heavy (non-hydrogen) atoms. The van der Waals surface area contributed by atoms with Gasteiger partial charge in [0.15, 0.2) is 0 Å². The number of ether oxygens (including phenoxy) is 2. The van der Waals surface area contributed by atoms with Crippen LogP contribution >= 0.6 is 0 Å². The maximum atomic E-state index is 12.8. The van der Waals surface area contributed by atoms with Gasteiger partial charge in [0.2, 0.25) is 5.91 Å². The number of benzene rings is 1. The normalized spacial score (nSPS) is 25.2. The minimum atomic E-state index is -0.428. The summed E-state index contributed by atoms with van der Waals surface area (Å²) in [6.45, 7) is 1.91. The molecule has 8 heteroatoms. The Labute approximate surface area is 167 Å². The third-order valence-corrected chi connectivity index (χ3v) is 5.67. The van der Waals surface area contributed by atoms with Gasteiger partial charge < -0.3 is 19.7 Å². The first-order valence-electron chi connectivity index (χ1n) is 9.84. The van der Waals surface area contributed by atoms with E-state index in [9.17, 15) is 9.59 Å². The average Bonchev–Trinajstić information content (AvgIpc) is 3.16. The number of para-hydroxylation sites is 2. The van der Waals surface area contributed by atoms with Crippen LogP contribution in [-0.4, -0.2) is 70.7 Å². The molecule has 3 aliphatic rings. The summed E-state index contributed by atoms with van der Waals surface area (Å²) in [6.07, 6.45) is 6.26. The molecule has 2 amide bonds. The second-order valence-electron chi connectivity index (χ2n) is 7.84. The van der Waals surface area contributed by atoms with Gasteiger partial charge in [0.25, 0.3) is 5.91 Å². The van der Waals surface area contributed by atoms with Crippen LogP contribution in [-0.2, 0) is 14.3 Å². The highest BCUT2D eigenvalue weighted by atomic mass is 16.5. The summed E-state index contributed by atoms with van der Waals surface area (Å²) in [5.74, 6) is -0.244. The van der Waals surface area contributed by atoms with Crippen LogP contribution < -0.4 is 5.32 Å². The first-order chi connectivity index (χ1) is 14.1. The monoisotopic (exact) mass is 394 g/mol. The average molecular weight is 394 g/mol. The van der Waals surface area contributed by atoms with Crippen molar-refractivity contribution in [2.45, 2.75) is 30.6 Å². The molecule has 3 aliphatic heterocycles. The van der Waals surface area contributed by atoms with E-state index < -0.39 is 6.10 Å². The smallest absolute Gasteiger partial charge is 0.274 e. The predicted octanol–water partition coefficient (Wildman–Crippen LogP) is 1.07. The van der Waals surface area contributed by atoms with Crippen molar-refractivity contribution >= 4 is 22.8 Å². The fourth-order valence-electron chi connectivity index (χ4n) is 4.18. The molecule has 5 rings (SSSR count). The molecule has 1 N–H and O–H groups in total. The van der Waals surface area contributed by atoms with Gasteiger partial charge in [-0.3, -0.25) is 14.6 Å². The SMILES string of the molecule is O=C(NC1COC2(C1)CN(C(=O)c1cnc3ccccc3n1)C2)C1CC=CCO1. The summed E-state index contributed by atoms with van der Waals surface area (Å²) < 4.78 is 11.4. The molecule has 2 saturated heterocycles. The number of hydrogen-bond acceptors (Lipinski definition) is 6. The Hall–Kier alpha value is -2.84. The lowest BCUT2D eigenvalue weighted by molar-refractivity contribution is -0.133. The minimum Gasteiger partial charge on any atom is -0.369 e. The van der Waals surface area contributed by atoms with Crippen LogP contribution in [0.3, 0.4) is 0 Å². The Morgan fingerprint density at radius 3 is 2.79 bits per heavy atom. The summed E-state index contributed by atoms with van der Waals surface area (Å²) in [5.41, 5.74) is 1.42. The van der Waals surface area contributed by atoms with Crippen LogP contribution in [0.4, 0.5) is 0 Å². The van der Waals surface area contributed by atoms with Crippen molar-refractivity contribution in [2.24, 2.45) is 0 Å². The van der Waals surface area contributed by atoms with Crippen molar-refractivity contribution in [1.29, 1.82) is 0 Å². The van der Waals surface area contributed by atoms with E-state index in [2.05, 4.69) is 15.3 Å². The molecule has 0 bridgehead atoms. The molecule has 1 aromatic heterocycles. The van der Waals surface area contributed by atoms with Gasteiger partial charge in [-0.2, -0.15) is 0 Å². The van der Waals surface area contributed by atoms with Gasteiger partial charge >= 0.3 is 0 Å². The Bertz CT molecular complexity index is 986. The zero-order valence-corrected chi connectivity index (χ0v) is 15.9. The number of nitrogens with zero attached hydrogens (tertiary/aromatic N) is 3. The van der Waals surface area contributed by atoms with Crippen LogP contribution in [0.15, 0.2) is 42.6 Å². The Kier molecular flexibility index (Phi) is 4.52. The Morgan fingerprint density at radius 1 is 1.17 bits per heavy atom. The summed E-state index contributed by atoms with van der Waals surface area (Å²) >= 11 is 0. The van der Waals surface area contributed by atoms with E-state index in [1.54, 1.807) is 4.90 Å². The van der Waals surface area contributed by atoms with Gasteiger partial charge in [0, 0.05) is 12.8 Å². The highest BCUT2D eigenvalue weighted by Gasteiger charge is 2.52. The van der Waals surface area contributed by atoms with E-state index in [-0.39, 0.29) is 23.5 Å². The van der Waals surface area contributed by atoms with Gasteiger partial charge in [0.1, 0.15) is 17.4 Å². The third kappa shape index (κ3) is 3.49. The lowest BCUT2D eigenvalue weighted by Gasteiger charge is -2.46. The van der Waals surface area contributed by atoms with E-state index in [0.29, 0.717) is 50.4 Å². The number of nitrogens with one attached hydrogen (secondary N) is 1. The zero-order valence-electron chi connectivity index (χ0n) is 15.9. The molecule has 2 unspecified atom stereocenters. The van der Waals surface area contributed by atoms with Crippen molar-refractivity contribution in [3.05, 3.63) is 48.3 Å². The molecule has 4 heterocycles. The molecule has 2 fully saturated rings. The topological polar surface area (TPSA) is 93.7 Å². The van der Waals surface area contributed by atoms with Gasteiger partial charge in [-0.15, -0.1) is 0 Å². The van der Waals surface area contributed by atoms with Gasteiger partial charge in [-0.1, -0.05) is 24.3 Å². The van der Waals surface area contributed by atoms with Crippen LogP contribution in [0.2, 0.25) is 0 Å². The predicted molar refractivity (Wildman–Crippen MR) is 104 cm³/mol. The highest BCUT2D eigenvalue weighted by molar-refractivity contribution is 5.94. The van der Waals surface area contributed by atoms with E-state index >= 15 is 0 Å². The number of carbonyl (C=O) groups is 2. The van der Waals surface area contributed by atoms with E-state index in [1.807, 2.05) is 36.4 Å². The van der Waals surface area contributed by atoms with E-state index in [1.165, 1.54) is 6.20 Å². The molecule has 1 spiro atoms. The number of amides is 2. The molecule has 0 aliphatic carbocycles. The number of fused-ring (bicyclic) bond motifs is 1. The van der Waals surface area contributed by atoms with Gasteiger partial charge in [-0.05, 0) is 12.1 Å². The number of carbonyl (C=O) groups excluding carboxylic acids is 2. The summed E-state index contributed by atoms with van der Waals surface area (Å²) in [6, 6.07) is 7.41. The van der Waals surface area contributed by atoms with Gasteiger partial charge in [-0.25, -0.2) is 4.98 Å². The first kappa shape index (κ1) is 18.2. The molecule has 8 nitrogen and oxygen atoms in total. The Balaban J connectivity index is 1.17. The molecule has 2 atom stereocenters. The fourth-order valence-corrected chi connectivity index (χ4v) is 4.18. The number of hydrogen-bond donors (Lipinski definition) is 1. The minimum absolute atomic E-state index is 0.0604. The maximum Gasteiger partial charge on any atom is 0.274 e. The van der Waals surface area contributed by atoms with Gasteiger partial charge in [0.05, 0.1) is 49.6 Å². The molecule has 2 aromatic rings. The second-order valence-corrected chi connectivity index (χ2v) is 7.84. The fraction of sp³-hybridized carbons (Fsp3) is 0.429. The van der Waals surface area contributed by atoms with Crippen LogP contribution in [0, 0.1) is 0 Å². The van der Waals surface area contributed by atoms with Crippen molar-refractivity contribution in [1.82, 2.24) is 20.2 Å². The van der Waals surface area contributed by atoms with Crippen molar-refractivity contribution < 1.29 is 19.1 Å². The molecular formula is C21H22N4O4. The van der Waals surface area contributed by atoms with Crippen molar-refractivity contribution in [2.75, 3.05) is 26.3 Å². The van der Waals surface area contributed by atoms with Crippen molar-refractivity contribution in [3.63, 3.8) is 0 Å². The molecule has 0 radical (unpaired) electrons. The lowest BCUT2D eigenvalue weighted by Crippen LogP contribution is -2.63. The number of aromatic nitrogens is 2. The second kappa shape index (κ2) is 7.20. The molecule has 0 saturated carbocycles. The molecular weight excluding hydrogens is 372 g/mol. The van der Waals surface area contributed by atoms with Crippen LogP contribution in [0.1, 0.15) is 23.3 Å².